The first kappa shape index (κ1) is 14.5. The first-order chi connectivity index (χ1) is 9.38. The van der Waals surface area contributed by atoms with E-state index in [0.717, 1.165) is 19.1 Å². The van der Waals surface area contributed by atoms with Crippen LogP contribution in [0.25, 0.3) is 0 Å². The van der Waals surface area contributed by atoms with Gasteiger partial charge in [-0.25, -0.2) is 0 Å². The summed E-state index contributed by atoms with van der Waals surface area (Å²) in [6.07, 6.45) is 3.86. The van der Waals surface area contributed by atoms with Crippen molar-refractivity contribution in [1.82, 2.24) is 4.90 Å². The second-order valence-corrected chi connectivity index (χ2v) is 5.38. The highest BCUT2D eigenvalue weighted by Gasteiger charge is 2.18. The van der Waals surface area contributed by atoms with Crippen LogP contribution in [0.15, 0.2) is 30.3 Å². The summed E-state index contributed by atoms with van der Waals surface area (Å²) in [5, 5.41) is 0. The SMILES string of the molecule is NCCOCCN1CCC(Cc2ccccc2)CC1. The number of piperidine rings is 1. The Balaban J connectivity index is 1.62. The fraction of sp³-hybridized carbons (Fsp3) is 0.625. The van der Waals surface area contributed by atoms with Crippen molar-refractivity contribution in [3.05, 3.63) is 35.9 Å². The summed E-state index contributed by atoms with van der Waals surface area (Å²) >= 11 is 0. The molecule has 106 valence electrons. The van der Waals surface area contributed by atoms with Gasteiger partial charge in [0.25, 0.3) is 0 Å². The molecule has 1 saturated heterocycles. The Labute approximate surface area is 116 Å². The number of hydrogen-bond donors (Lipinski definition) is 1. The molecule has 0 aliphatic carbocycles. The summed E-state index contributed by atoms with van der Waals surface area (Å²) in [7, 11) is 0. The molecule has 1 aliphatic rings. The van der Waals surface area contributed by atoms with Crippen molar-refractivity contribution in [2.24, 2.45) is 11.7 Å². The Hall–Kier alpha value is -0.900. The Morgan fingerprint density at radius 3 is 2.53 bits per heavy atom. The molecule has 0 unspecified atom stereocenters. The molecule has 0 bridgehead atoms. The van der Waals surface area contributed by atoms with Crippen molar-refractivity contribution >= 4 is 0 Å². The summed E-state index contributed by atoms with van der Waals surface area (Å²) in [4.78, 5) is 2.51. The van der Waals surface area contributed by atoms with Gasteiger partial charge in [-0.2, -0.15) is 0 Å². The van der Waals surface area contributed by atoms with Gasteiger partial charge in [-0.3, -0.25) is 0 Å². The van der Waals surface area contributed by atoms with E-state index in [4.69, 9.17) is 10.5 Å². The van der Waals surface area contributed by atoms with Crippen molar-refractivity contribution in [3.63, 3.8) is 0 Å². The van der Waals surface area contributed by atoms with E-state index in [9.17, 15) is 0 Å². The molecule has 1 aromatic rings. The number of nitrogens with zero attached hydrogens (tertiary/aromatic N) is 1. The van der Waals surface area contributed by atoms with E-state index in [1.807, 2.05) is 0 Å². The van der Waals surface area contributed by atoms with Crippen LogP contribution >= 0.6 is 0 Å². The lowest BCUT2D eigenvalue weighted by atomic mass is 9.90. The van der Waals surface area contributed by atoms with Gasteiger partial charge in [-0.1, -0.05) is 30.3 Å². The molecule has 3 heteroatoms. The molecule has 1 fully saturated rings. The molecule has 1 aromatic carbocycles. The monoisotopic (exact) mass is 262 g/mol. The number of benzene rings is 1. The zero-order valence-corrected chi connectivity index (χ0v) is 11.8. The van der Waals surface area contributed by atoms with Gasteiger partial charge >= 0.3 is 0 Å². The minimum Gasteiger partial charge on any atom is -0.379 e. The predicted octanol–water partition coefficient (Wildman–Crippen LogP) is 1.92. The number of likely N-dealkylation sites (tertiary alicyclic amines) is 1. The molecule has 19 heavy (non-hydrogen) atoms. The average molecular weight is 262 g/mol. The molecule has 1 heterocycles. The Morgan fingerprint density at radius 1 is 1.11 bits per heavy atom. The molecule has 0 spiro atoms. The van der Waals surface area contributed by atoms with E-state index in [0.29, 0.717) is 13.2 Å². The largest absolute Gasteiger partial charge is 0.379 e. The standard InChI is InChI=1S/C16H26N2O/c17-8-12-19-13-11-18-9-6-16(7-10-18)14-15-4-2-1-3-5-15/h1-5,16H,6-14,17H2. The van der Waals surface area contributed by atoms with E-state index in [1.165, 1.54) is 37.9 Å². The third-order valence-corrected chi connectivity index (χ3v) is 3.89. The van der Waals surface area contributed by atoms with E-state index in [1.54, 1.807) is 0 Å². The zero-order chi connectivity index (χ0) is 13.3. The van der Waals surface area contributed by atoms with Crippen LogP contribution in [0.3, 0.4) is 0 Å². The lowest BCUT2D eigenvalue weighted by molar-refractivity contribution is 0.0926. The number of rotatable bonds is 7. The van der Waals surface area contributed by atoms with Crippen molar-refractivity contribution in [2.75, 3.05) is 39.4 Å². The van der Waals surface area contributed by atoms with Crippen LogP contribution in [0.4, 0.5) is 0 Å². The summed E-state index contributed by atoms with van der Waals surface area (Å²) in [5.41, 5.74) is 6.88. The van der Waals surface area contributed by atoms with Crippen LogP contribution in [0.2, 0.25) is 0 Å². The van der Waals surface area contributed by atoms with Crippen LogP contribution in [0.1, 0.15) is 18.4 Å². The number of hydrogen-bond acceptors (Lipinski definition) is 3. The molecule has 1 aliphatic heterocycles. The van der Waals surface area contributed by atoms with Gasteiger partial charge in [-0.15, -0.1) is 0 Å². The summed E-state index contributed by atoms with van der Waals surface area (Å²) < 4.78 is 5.44. The summed E-state index contributed by atoms with van der Waals surface area (Å²) in [6, 6.07) is 10.9. The smallest absolute Gasteiger partial charge is 0.0594 e. The first-order valence-electron chi connectivity index (χ1n) is 7.42. The van der Waals surface area contributed by atoms with Gasteiger partial charge in [0.1, 0.15) is 0 Å². The highest BCUT2D eigenvalue weighted by molar-refractivity contribution is 5.15. The van der Waals surface area contributed by atoms with Gasteiger partial charge in [0.05, 0.1) is 13.2 Å². The lowest BCUT2D eigenvalue weighted by Crippen LogP contribution is -2.36. The molecule has 0 saturated carbocycles. The second kappa shape index (κ2) is 8.31. The van der Waals surface area contributed by atoms with Crippen LogP contribution in [0, 0.1) is 5.92 Å². The predicted molar refractivity (Wildman–Crippen MR) is 79.2 cm³/mol. The zero-order valence-electron chi connectivity index (χ0n) is 11.8. The average Bonchev–Trinajstić information content (AvgIpc) is 2.46. The lowest BCUT2D eigenvalue weighted by Gasteiger charge is -2.31. The quantitative estimate of drug-likeness (QED) is 0.763. The van der Waals surface area contributed by atoms with Crippen molar-refractivity contribution < 1.29 is 4.74 Å². The summed E-state index contributed by atoms with van der Waals surface area (Å²) in [6.45, 7) is 5.61. The highest BCUT2D eigenvalue weighted by Crippen LogP contribution is 2.21. The third kappa shape index (κ3) is 5.31. The molecule has 0 radical (unpaired) electrons. The first-order valence-corrected chi connectivity index (χ1v) is 7.42. The van der Waals surface area contributed by atoms with Crippen LogP contribution in [-0.2, 0) is 11.2 Å². The number of nitrogens with two attached hydrogens (primary N) is 1. The Morgan fingerprint density at radius 2 is 1.84 bits per heavy atom. The highest BCUT2D eigenvalue weighted by atomic mass is 16.5. The second-order valence-electron chi connectivity index (χ2n) is 5.38. The van der Waals surface area contributed by atoms with Gasteiger partial charge < -0.3 is 15.4 Å². The van der Waals surface area contributed by atoms with Crippen LogP contribution in [0.5, 0.6) is 0 Å². The molecule has 2 rings (SSSR count). The molecule has 0 amide bonds. The van der Waals surface area contributed by atoms with Crippen LogP contribution < -0.4 is 5.73 Å². The van der Waals surface area contributed by atoms with Gasteiger partial charge in [0.2, 0.25) is 0 Å². The van der Waals surface area contributed by atoms with E-state index < -0.39 is 0 Å². The minimum atomic E-state index is 0.624. The van der Waals surface area contributed by atoms with Crippen LogP contribution in [-0.4, -0.2) is 44.3 Å². The minimum absolute atomic E-state index is 0.624. The third-order valence-electron chi connectivity index (χ3n) is 3.89. The van der Waals surface area contributed by atoms with Crippen molar-refractivity contribution in [1.29, 1.82) is 0 Å². The maximum absolute atomic E-state index is 5.44. The fourth-order valence-corrected chi connectivity index (χ4v) is 2.74. The van der Waals surface area contributed by atoms with Gasteiger partial charge in [0.15, 0.2) is 0 Å². The maximum Gasteiger partial charge on any atom is 0.0594 e. The van der Waals surface area contributed by atoms with E-state index in [2.05, 4.69) is 35.2 Å². The molecular formula is C16H26N2O. The maximum atomic E-state index is 5.44. The van der Waals surface area contributed by atoms with Crippen molar-refractivity contribution in [2.45, 2.75) is 19.3 Å². The molecular weight excluding hydrogens is 236 g/mol. The molecule has 0 atom stereocenters. The van der Waals surface area contributed by atoms with Gasteiger partial charge in [0, 0.05) is 13.1 Å². The van der Waals surface area contributed by atoms with Crippen molar-refractivity contribution in [3.8, 4) is 0 Å². The Bertz CT molecular complexity index is 334. The van der Waals surface area contributed by atoms with E-state index >= 15 is 0 Å². The molecule has 3 nitrogen and oxygen atoms in total. The summed E-state index contributed by atoms with van der Waals surface area (Å²) in [5.74, 6) is 0.851. The molecule has 0 aromatic heterocycles. The normalized spacial score (nSPS) is 17.7. The Kier molecular flexibility index (Phi) is 6.34. The molecule has 2 N–H and O–H groups in total. The fourth-order valence-electron chi connectivity index (χ4n) is 2.74. The topological polar surface area (TPSA) is 38.5 Å². The van der Waals surface area contributed by atoms with E-state index in [-0.39, 0.29) is 0 Å². The number of ether oxygens (including phenoxy) is 1. The van der Waals surface area contributed by atoms with Gasteiger partial charge in [-0.05, 0) is 43.8 Å².